The molecule has 1 aliphatic rings. The Morgan fingerprint density at radius 1 is 1.25 bits per heavy atom. The molecule has 0 N–H and O–H groups in total. The molecule has 16 heavy (non-hydrogen) atoms. The highest BCUT2D eigenvalue weighted by Crippen LogP contribution is 2.25. The molecule has 0 bridgehead atoms. The Balaban J connectivity index is 2.03. The van der Waals surface area contributed by atoms with Gasteiger partial charge in [0.1, 0.15) is 5.75 Å². The average molecular weight is 220 g/mol. The normalized spacial score (nSPS) is 14.1. The van der Waals surface area contributed by atoms with Gasteiger partial charge in [-0.25, -0.2) is 4.79 Å². The maximum Gasteiger partial charge on any atom is 0.343 e. The lowest BCUT2D eigenvalue weighted by Crippen LogP contribution is -2.13. The number of fused-ring (bicyclic) bond motifs is 1. The summed E-state index contributed by atoms with van der Waals surface area (Å²) < 4.78 is 9.87. The number of benzene rings is 1. The van der Waals surface area contributed by atoms with Crippen molar-refractivity contribution in [2.75, 3.05) is 13.7 Å². The first-order valence-corrected chi connectivity index (χ1v) is 5.61. The van der Waals surface area contributed by atoms with E-state index in [0.717, 1.165) is 18.6 Å². The van der Waals surface area contributed by atoms with E-state index in [0.29, 0.717) is 0 Å². The summed E-state index contributed by atoms with van der Waals surface area (Å²) in [5.74, 6) is 0.406. The van der Waals surface area contributed by atoms with Crippen molar-refractivity contribution in [3.05, 3.63) is 29.3 Å². The number of esters is 1. The van der Waals surface area contributed by atoms with E-state index in [1.807, 2.05) is 12.1 Å². The lowest BCUT2D eigenvalue weighted by molar-refractivity contribution is -0.142. The number of hydrogen-bond donors (Lipinski definition) is 0. The predicted octanol–water partition coefficient (Wildman–Crippen LogP) is 2.12. The minimum atomic E-state index is -0.349. The summed E-state index contributed by atoms with van der Waals surface area (Å²) in [6, 6.07) is 6.06. The first-order chi connectivity index (χ1) is 7.79. The Labute approximate surface area is 95.4 Å². The van der Waals surface area contributed by atoms with Gasteiger partial charge in [-0.2, -0.15) is 0 Å². The molecule has 0 radical (unpaired) electrons. The van der Waals surface area contributed by atoms with Crippen molar-refractivity contribution in [3.8, 4) is 5.75 Å². The molecule has 0 saturated heterocycles. The standard InChI is InChI=1S/C13H16O3/c1-15-13(14)9-16-12-7-6-10-4-2-3-5-11(10)8-12/h6-8H,2-5,9H2,1H3. The fourth-order valence-corrected chi connectivity index (χ4v) is 2.00. The average Bonchev–Trinajstić information content (AvgIpc) is 2.35. The van der Waals surface area contributed by atoms with Crippen LogP contribution in [0, 0.1) is 0 Å². The van der Waals surface area contributed by atoms with Crippen LogP contribution in [0.25, 0.3) is 0 Å². The van der Waals surface area contributed by atoms with Crippen LogP contribution < -0.4 is 4.74 Å². The van der Waals surface area contributed by atoms with E-state index in [9.17, 15) is 4.79 Å². The molecule has 0 aromatic heterocycles. The molecule has 0 fully saturated rings. The highest BCUT2D eigenvalue weighted by atomic mass is 16.6. The summed E-state index contributed by atoms with van der Waals surface area (Å²) in [7, 11) is 1.36. The summed E-state index contributed by atoms with van der Waals surface area (Å²) in [6.45, 7) is -0.0186. The first-order valence-electron chi connectivity index (χ1n) is 5.61. The van der Waals surface area contributed by atoms with Crippen LogP contribution in [0.4, 0.5) is 0 Å². The first kappa shape index (κ1) is 11.0. The van der Waals surface area contributed by atoms with Gasteiger partial charge < -0.3 is 9.47 Å². The molecule has 3 heteroatoms. The zero-order valence-corrected chi connectivity index (χ0v) is 9.49. The molecule has 2 rings (SSSR count). The van der Waals surface area contributed by atoms with Crippen molar-refractivity contribution in [2.45, 2.75) is 25.7 Å². The third kappa shape index (κ3) is 2.54. The van der Waals surface area contributed by atoms with Crippen molar-refractivity contribution < 1.29 is 14.3 Å². The van der Waals surface area contributed by atoms with Gasteiger partial charge in [0.15, 0.2) is 6.61 Å². The number of aryl methyl sites for hydroxylation is 2. The third-order valence-electron chi connectivity index (χ3n) is 2.90. The predicted molar refractivity (Wildman–Crippen MR) is 60.6 cm³/mol. The molecule has 1 aliphatic carbocycles. The Morgan fingerprint density at radius 3 is 2.75 bits per heavy atom. The molecule has 86 valence electrons. The molecular formula is C13H16O3. The Hall–Kier alpha value is -1.51. The van der Waals surface area contributed by atoms with Crippen LogP contribution in [0.5, 0.6) is 5.75 Å². The summed E-state index contributed by atoms with van der Waals surface area (Å²) in [5.41, 5.74) is 2.77. The van der Waals surface area contributed by atoms with E-state index >= 15 is 0 Å². The zero-order valence-electron chi connectivity index (χ0n) is 9.49. The molecule has 0 atom stereocenters. The molecule has 0 amide bonds. The number of ether oxygens (including phenoxy) is 2. The summed E-state index contributed by atoms with van der Waals surface area (Å²) in [6.07, 6.45) is 4.79. The molecule has 0 unspecified atom stereocenters. The van der Waals surface area contributed by atoms with Gasteiger partial charge in [-0.15, -0.1) is 0 Å². The second-order valence-electron chi connectivity index (χ2n) is 4.00. The van der Waals surface area contributed by atoms with Crippen molar-refractivity contribution in [2.24, 2.45) is 0 Å². The maximum absolute atomic E-state index is 10.9. The van der Waals surface area contributed by atoms with Crippen LogP contribution in [0.3, 0.4) is 0 Å². The Kier molecular flexibility index (Phi) is 3.44. The highest BCUT2D eigenvalue weighted by Gasteiger charge is 2.10. The van der Waals surface area contributed by atoms with E-state index < -0.39 is 0 Å². The molecule has 0 aliphatic heterocycles. The number of carbonyl (C=O) groups is 1. The molecule has 3 nitrogen and oxygen atoms in total. The van der Waals surface area contributed by atoms with Gasteiger partial charge in [0.25, 0.3) is 0 Å². The fraction of sp³-hybridized carbons (Fsp3) is 0.462. The minimum Gasteiger partial charge on any atom is -0.482 e. The number of hydrogen-bond acceptors (Lipinski definition) is 3. The largest absolute Gasteiger partial charge is 0.482 e. The van der Waals surface area contributed by atoms with E-state index in [2.05, 4.69) is 10.8 Å². The summed E-state index contributed by atoms with van der Waals surface area (Å²) >= 11 is 0. The van der Waals surface area contributed by atoms with E-state index in [1.54, 1.807) is 0 Å². The van der Waals surface area contributed by atoms with Crippen LogP contribution in [0.15, 0.2) is 18.2 Å². The molecular weight excluding hydrogens is 204 g/mol. The molecule has 0 heterocycles. The summed E-state index contributed by atoms with van der Waals surface area (Å²) in [4.78, 5) is 10.9. The van der Waals surface area contributed by atoms with Gasteiger partial charge in [-0.3, -0.25) is 0 Å². The lowest BCUT2D eigenvalue weighted by Gasteiger charge is -2.16. The Morgan fingerprint density at radius 2 is 2.00 bits per heavy atom. The van der Waals surface area contributed by atoms with Gasteiger partial charge in [0.2, 0.25) is 0 Å². The fourth-order valence-electron chi connectivity index (χ4n) is 2.00. The van der Waals surface area contributed by atoms with Crippen LogP contribution in [-0.2, 0) is 22.4 Å². The summed E-state index contributed by atoms with van der Waals surface area (Å²) in [5, 5.41) is 0. The number of rotatable bonds is 3. The lowest BCUT2D eigenvalue weighted by atomic mass is 9.92. The Bertz CT molecular complexity index is 385. The molecule has 0 spiro atoms. The van der Waals surface area contributed by atoms with Crippen molar-refractivity contribution in [3.63, 3.8) is 0 Å². The van der Waals surface area contributed by atoms with Crippen molar-refractivity contribution in [1.29, 1.82) is 0 Å². The zero-order chi connectivity index (χ0) is 11.4. The van der Waals surface area contributed by atoms with Gasteiger partial charge in [0.05, 0.1) is 7.11 Å². The second-order valence-corrected chi connectivity index (χ2v) is 4.00. The minimum absolute atomic E-state index is 0.0186. The topological polar surface area (TPSA) is 35.5 Å². The van der Waals surface area contributed by atoms with Crippen LogP contribution in [0.1, 0.15) is 24.0 Å². The molecule has 0 saturated carbocycles. The highest BCUT2D eigenvalue weighted by molar-refractivity contribution is 5.70. The van der Waals surface area contributed by atoms with E-state index in [-0.39, 0.29) is 12.6 Å². The van der Waals surface area contributed by atoms with E-state index in [1.165, 1.54) is 31.1 Å². The van der Waals surface area contributed by atoms with Gasteiger partial charge in [-0.05, 0) is 48.9 Å². The molecule has 1 aromatic rings. The van der Waals surface area contributed by atoms with Gasteiger partial charge in [-0.1, -0.05) is 6.07 Å². The number of methoxy groups -OCH3 is 1. The maximum atomic E-state index is 10.9. The van der Waals surface area contributed by atoms with Crippen LogP contribution in [-0.4, -0.2) is 19.7 Å². The van der Waals surface area contributed by atoms with Gasteiger partial charge >= 0.3 is 5.97 Å². The number of carbonyl (C=O) groups excluding carboxylic acids is 1. The van der Waals surface area contributed by atoms with Gasteiger partial charge in [0, 0.05) is 0 Å². The monoisotopic (exact) mass is 220 g/mol. The van der Waals surface area contributed by atoms with E-state index in [4.69, 9.17) is 4.74 Å². The SMILES string of the molecule is COC(=O)COc1ccc2c(c1)CCCC2. The third-order valence-corrected chi connectivity index (χ3v) is 2.90. The van der Waals surface area contributed by atoms with Crippen LogP contribution in [0.2, 0.25) is 0 Å². The second kappa shape index (κ2) is 5.01. The van der Waals surface area contributed by atoms with Crippen molar-refractivity contribution in [1.82, 2.24) is 0 Å². The quantitative estimate of drug-likeness (QED) is 0.732. The van der Waals surface area contributed by atoms with Crippen LogP contribution >= 0.6 is 0 Å². The smallest absolute Gasteiger partial charge is 0.343 e. The van der Waals surface area contributed by atoms with Crippen molar-refractivity contribution >= 4 is 5.97 Å². The molecule has 1 aromatic carbocycles.